The van der Waals surface area contributed by atoms with Gasteiger partial charge >= 0.3 is 0 Å². The molecule has 0 aliphatic carbocycles. The van der Waals surface area contributed by atoms with E-state index in [1.165, 1.54) is 0 Å². The molecule has 19 heavy (non-hydrogen) atoms. The summed E-state index contributed by atoms with van der Waals surface area (Å²) in [6.45, 7) is 0.438. The van der Waals surface area contributed by atoms with Crippen molar-refractivity contribution >= 4 is 11.6 Å². The fraction of sp³-hybridized carbons (Fsp3) is 0.231. The minimum Gasteiger partial charge on any atom is -0.487 e. The van der Waals surface area contributed by atoms with Crippen LogP contribution in [0.4, 0.5) is 4.39 Å². The molecule has 4 nitrogen and oxygen atoms in total. The van der Waals surface area contributed by atoms with Gasteiger partial charge in [0.2, 0.25) is 0 Å². The third kappa shape index (κ3) is 2.27. The van der Waals surface area contributed by atoms with Crippen LogP contribution in [0.1, 0.15) is 5.56 Å². The highest BCUT2D eigenvalue weighted by Gasteiger charge is 2.25. The van der Waals surface area contributed by atoms with Crippen molar-refractivity contribution in [2.24, 2.45) is 5.73 Å². The molecule has 6 heteroatoms. The Kier molecular flexibility index (Phi) is 3.08. The Morgan fingerprint density at radius 1 is 1.37 bits per heavy atom. The fourth-order valence-corrected chi connectivity index (χ4v) is 2.39. The maximum Gasteiger partial charge on any atom is 0.159 e. The number of hydrogen-bond donors (Lipinski definition) is 1. The van der Waals surface area contributed by atoms with Crippen LogP contribution in [0.5, 0.6) is 5.75 Å². The van der Waals surface area contributed by atoms with Crippen molar-refractivity contribution in [1.82, 2.24) is 9.97 Å². The first-order chi connectivity index (χ1) is 9.17. The van der Waals surface area contributed by atoms with E-state index >= 15 is 0 Å². The Morgan fingerprint density at radius 2 is 2.11 bits per heavy atom. The second kappa shape index (κ2) is 4.75. The van der Waals surface area contributed by atoms with Crippen molar-refractivity contribution in [2.45, 2.75) is 12.5 Å². The molecule has 0 fully saturated rings. The Bertz CT molecular complexity index is 618. The van der Waals surface area contributed by atoms with Crippen molar-refractivity contribution in [3.8, 4) is 17.1 Å². The van der Waals surface area contributed by atoms with Crippen molar-refractivity contribution < 1.29 is 9.13 Å². The molecule has 0 bridgehead atoms. The van der Waals surface area contributed by atoms with E-state index in [2.05, 4.69) is 9.97 Å². The summed E-state index contributed by atoms with van der Waals surface area (Å²) in [6.07, 6.45) is 2.92. The molecular weight excluding hydrogens is 269 g/mol. The molecule has 0 spiro atoms. The zero-order chi connectivity index (χ0) is 13.4. The first-order valence-electron chi connectivity index (χ1n) is 5.84. The second-order valence-electron chi connectivity index (χ2n) is 4.35. The van der Waals surface area contributed by atoms with Crippen LogP contribution in [0.25, 0.3) is 11.4 Å². The molecule has 2 heterocycles. The van der Waals surface area contributed by atoms with E-state index in [-0.39, 0.29) is 6.10 Å². The van der Waals surface area contributed by atoms with Gasteiger partial charge in [-0.3, -0.25) is 0 Å². The number of nitrogens with zero attached hydrogens (tertiary/aromatic N) is 2. The van der Waals surface area contributed by atoms with Gasteiger partial charge in [0.1, 0.15) is 11.9 Å². The summed E-state index contributed by atoms with van der Waals surface area (Å²) in [5.74, 6) is 0.632. The van der Waals surface area contributed by atoms with E-state index in [4.69, 9.17) is 22.1 Å². The highest BCUT2D eigenvalue weighted by molar-refractivity contribution is 6.32. The van der Waals surface area contributed by atoms with Crippen molar-refractivity contribution in [3.05, 3.63) is 40.9 Å². The first-order valence-corrected chi connectivity index (χ1v) is 6.22. The van der Waals surface area contributed by atoms with Crippen molar-refractivity contribution in [3.63, 3.8) is 0 Å². The predicted octanol–water partition coefficient (Wildman–Crippen LogP) is 2.20. The van der Waals surface area contributed by atoms with Gasteiger partial charge in [0, 0.05) is 24.1 Å². The molecule has 1 aliphatic heterocycles. The molecule has 0 saturated carbocycles. The van der Waals surface area contributed by atoms with E-state index in [9.17, 15) is 4.39 Å². The lowest BCUT2D eigenvalue weighted by Gasteiger charge is -2.08. The zero-order valence-corrected chi connectivity index (χ0v) is 10.7. The predicted molar refractivity (Wildman–Crippen MR) is 69.6 cm³/mol. The van der Waals surface area contributed by atoms with E-state index in [1.54, 1.807) is 6.07 Å². The summed E-state index contributed by atoms with van der Waals surface area (Å²) in [4.78, 5) is 7.89. The minimum atomic E-state index is -0.470. The van der Waals surface area contributed by atoms with Crippen LogP contribution in [-0.4, -0.2) is 22.6 Å². The van der Waals surface area contributed by atoms with Gasteiger partial charge in [0.25, 0.3) is 0 Å². The van der Waals surface area contributed by atoms with Gasteiger partial charge in [-0.1, -0.05) is 11.6 Å². The van der Waals surface area contributed by atoms with Crippen molar-refractivity contribution in [2.75, 3.05) is 6.54 Å². The Morgan fingerprint density at radius 3 is 2.79 bits per heavy atom. The van der Waals surface area contributed by atoms with Gasteiger partial charge in [0.15, 0.2) is 11.6 Å². The van der Waals surface area contributed by atoms with E-state index in [0.717, 1.165) is 23.5 Å². The van der Waals surface area contributed by atoms with Gasteiger partial charge in [-0.05, 0) is 12.1 Å². The van der Waals surface area contributed by atoms with Crippen LogP contribution < -0.4 is 10.5 Å². The van der Waals surface area contributed by atoms with Gasteiger partial charge in [0.05, 0.1) is 17.4 Å². The molecule has 0 radical (unpaired) electrons. The van der Waals surface area contributed by atoms with Gasteiger partial charge in [-0.2, -0.15) is 0 Å². The van der Waals surface area contributed by atoms with Crippen LogP contribution in [0.15, 0.2) is 24.5 Å². The molecule has 2 aromatic rings. The smallest absolute Gasteiger partial charge is 0.159 e. The fourth-order valence-electron chi connectivity index (χ4n) is 2.11. The quantitative estimate of drug-likeness (QED) is 0.915. The topological polar surface area (TPSA) is 61.0 Å². The number of aromatic nitrogens is 2. The molecular formula is C13H11ClFN3O. The largest absolute Gasteiger partial charge is 0.487 e. The Hall–Kier alpha value is -1.72. The summed E-state index contributed by atoms with van der Waals surface area (Å²) in [5, 5.41) is 0.497. The monoisotopic (exact) mass is 279 g/mol. The summed E-state index contributed by atoms with van der Waals surface area (Å²) in [6, 6.07) is 3.62. The number of nitrogens with two attached hydrogens (primary N) is 1. The first kappa shape index (κ1) is 12.3. The lowest BCUT2D eigenvalue weighted by molar-refractivity contribution is 0.241. The van der Waals surface area contributed by atoms with Crippen LogP contribution in [0, 0.1) is 5.82 Å². The maximum atomic E-state index is 12.8. The van der Waals surface area contributed by atoms with E-state index in [1.807, 2.05) is 6.07 Å². The van der Waals surface area contributed by atoms with Crippen LogP contribution >= 0.6 is 11.6 Å². The third-order valence-corrected chi connectivity index (χ3v) is 3.27. The molecule has 1 aromatic carbocycles. The normalized spacial score (nSPS) is 17.1. The number of rotatable bonds is 2. The molecule has 2 N–H and O–H groups in total. The van der Waals surface area contributed by atoms with Gasteiger partial charge in [-0.15, -0.1) is 0 Å². The molecule has 0 saturated heterocycles. The summed E-state index contributed by atoms with van der Waals surface area (Å²) < 4.78 is 18.5. The second-order valence-corrected chi connectivity index (χ2v) is 4.76. The van der Waals surface area contributed by atoms with Crippen molar-refractivity contribution in [1.29, 1.82) is 0 Å². The number of hydrogen-bond acceptors (Lipinski definition) is 4. The average Bonchev–Trinajstić information content (AvgIpc) is 2.83. The zero-order valence-electron chi connectivity index (χ0n) is 9.94. The maximum absolute atomic E-state index is 12.8. The molecule has 1 aromatic heterocycles. The standard InChI is InChI=1S/C13H11ClFN3O/c14-11-3-8(13-17-5-9(15)6-18-13)1-7-2-10(4-16)19-12(7)11/h1,3,5-6,10H,2,4,16H2. The summed E-state index contributed by atoms with van der Waals surface area (Å²) >= 11 is 6.18. The Balaban J connectivity index is 2.02. The molecule has 3 rings (SSSR count). The van der Waals surface area contributed by atoms with Crippen LogP contribution in [0.3, 0.4) is 0 Å². The highest BCUT2D eigenvalue weighted by atomic mass is 35.5. The molecule has 1 unspecified atom stereocenters. The summed E-state index contributed by atoms with van der Waals surface area (Å²) in [7, 11) is 0. The lowest BCUT2D eigenvalue weighted by Crippen LogP contribution is -2.24. The number of fused-ring (bicyclic) bond motifs is 1. The Labute approximate surface area is 114 Å². The summed E-state index contributed by atoms with van der Waals surface area (Å²) in [5.41, 5.74) is 7.31. The SMILES string of the molecule is NCC1Cc2cc(-c3ncc(F)cn3)cc(Cl)c2O1. The molecule has 1 aliphatic rings. The molecule has 98 valence electrons. The number of benzene rings is 1. The van der Waals surface area contributed by atoms with Gasteiger partial charge in [-0.25, -0.2) is 14.4 Å². The average molecular weight is 280 g/mol. The lowest BCUT2D eigenvalue weighted by atomic mass is 10.1. The third-order valence-electron chi connectivity index (χ3n) is 2.99. The van der Waals surface area contributed by atoms with Crippen LogP contribution in [0.2, 0.25) is 5.02 Å². The van der Waals surface area contributed by atoms with E-state index < -0.39 is 5.82 Å². The van der Waals surface area contributed by atoms with Crippen LogP contribution in [-0.2, 0) is 6.42 Å². The van der Waals surface area contributed by atoms with Gasteiger partial charge < -0.3 is 10.5 Å². The number of ether oxygens (including phenoxy) is 1. The highest BCUT2D eigenvalue weighted by Crippen LogP contribution is 2.38. The molecule has 0 amide bonds. The number of halogens is 2. The van der Waals surface area contributed by atoms with E-state index in [0.29, 0.717) is 29.6 Å². The molecule has 1 atom stereocenters. The minimum absolute atomic E-state index is 0.0445.